The van der Waals surface area contributed by atoms with Gasteiger partial charge in [0.2, 0.25) is 5.91 Å². The van der Waals surface area contributed by atoms with Gasteiger partial charge >= 0.3 is 0 Å². The molecular weight excluding hydrogens is 243 g/mol. The number of hydrogen-bond acceptors (Lipinski definition) is 2. The second-order valence-corrected chi connectivity index (χ2v) is 5.00. The molecule has 1 amide bonds. The molecule has 2 atom stereocenters. The van der Waals surface area contributed by atoms with E-state index in [1.54, 1.807) is 6.07 Å². The van der Waals surface area contributed by atoms with Gasteiger partial charge in [-0.05, 0) is 30.5 Å². The number of carbonyl (C=O) groups is 1. The zero-order valence-corrected chi connectivity index (χ0v) is 11.5. The Hall–Kier alpha value is -1.42. The highest BCUT2D eigenvalue weighted by Gasteiger charge is 2.38. The van der Waals surface area contributed by atoms with Crippen LogP contribution in [0.5, 0.6) is 0 Å². The van der Waals surface area contributed by atoms with E-state index >= 15 is 0 Å². The lowest BCUT2D eigenvalue weighted by Crippen LogP contribution is -2.31. The monoisotopic (exact) mass is 264 g/mol. The Morgan fingerprint density at radius 1 is 1.32 bits per heavy atom. The highest BCUT2D eigenvalue weighted by atomic mass is 19.1. The summed E-state index contributed by atoms with van der Waals surface area (Å²) < 4.78 is 13.3. The molecule has 0 aliphatic carbocycles. The molecule has 104 valence electrons. The molecule has 1 aromatic carbocycles. The predicted octanol–water partition coefficient (Wildman–Crippen LogP) is 2.83. The van der Waals surface area contributed by atoms with Crippen LogP contribution in [0.2, 0.25) is 0 Å². The topological polar surface area (TPSA) is 32.3 Å². The predicted molar refractivity (Wildman–Crippen MR) is 73.0 cm³/mol. The normalized spacial score (nSPS) is 23.1. The lowest BCUT2D eigenvalue weighted by Gasteiger charge is -2.24. The lowest BCUT2D eigenvalue weighted by molar-refractivity contribution is -0.130. The van der Waals surface area contributed by atoms with Crippen LogP contribution >= 0.6 is 0 Å². The summed E-state index contributed by atoms with van der Waals surface area (Å²) in [7, 11) is 0. The van der Waals surface area contributed by atoms with Gasteiger partial charge in [0, 0.05) is 6.54 Å². The van der Waals surface area contributed by atoms with Crippen LogP contribution < -0.4 is 5.32 Å². The Morgan fingerprint density at radius 3 is 2.74 bits per heavy atom. The van der Waals surface area contributed by atoms with Crippen molar-refractivity contribution in [3.8, 4) is 0 Å². The van der Waals surface area contributed by atoms with E-state index in [2.05, 4.69) is 12.2 Å². The molecule has 2 unspecified atom stereocenters. The Bertz CT molecular complexity index is 450. The minimum absolute atomic E-state index is 0.134. The zero-order chi connectivity index (χ0) is 13.8. The minimum Gasteiger partial charge on any atom is -0.322 e. The second-order valence-electron chi connectivity index (χ2n) is 5.00. The Morgan fingerprint density at radius 2 is 2.11 bits per heavy atom. The van der Waals surface area contributed by atoms with E-state index in [0.717, 1.165) is 24.8 Å². The number of rotatable bonds is 5. The fourth-order valence-electron chi connectivity index (χ4n) is 2.61. The van der Waals surface area contributed by atoms with Crippen molar-refractivity contribution in [1.82, 2.24) is 10.2 Å². The van der Waals surface area contributed by atoms with E-state index in [0.29, 0.717) is 6.54 Å². The van der Waals surface area contributed by atoms with Crippen LogP contribution in [0.4, 0.5) is 4.39 Å². The molecule has 4 heteroatoms. The maximum atomic E-state index is 13.3. The summed E-state index contributed by atoms with van der Waals surface area (Å²) >= 11 is 0. The van der Waals surface area contributed by atoms with Gasteiger partial charge < -0.3 is 4.90 Å². The third-order valence-corrected chi connectivity index (χ3v) is 3.46. The standard InChI is InChI=1S/C15H21FN2O/c1-3-6-13-15(19)18(9-4-2)14(17-13)11-7-5-8-12(16)10-11/h5,7-8,10,13-14,17H,3-4,6,9H2,1-2H3. The van der Waals surface area contributed by atoms with Crippen LogP contribution in [-0.2, 0) is 4.79 Å². The summed E-state index contributed by atoms with van der Waals surface area (Å²) in [4.78, 5) is 14.2. The fraction of sp³-hybridized carbons (Fsp3) is 0.533. The first-order valence-corrected chi connectivity index (χ1v) is 6.99. The molecule has 1 aromatic rings. The third-order valence-electron chi connectivity index (χ3n) is 3.46. The maximum Gasteiger partial charge on any atom is 0.241 e. The van der Waals surface area contributed by atoms with Crippen molar-refractivity contribution < 1.29 is 9.18 Å². The molecule has 0 spiro atoms. The molecular formula is C15H21FN2O. The summed E-state index contributed by atoms with van der Waals surface area (Å²) in [5.74, 6) is -0.125. The average Bonchev–Trinajstić information content (AvgIpc) is 2.69. The van der Waals surface area contributed by atoms with Gasteiger partial charge in [-0.3, -0.25) is 10.1 Å². The summed E-state index contributed by atoms with van der Waals surface area (Å²) in [5, 5.41) is 3.33. The van der Waals surface area contributed by atoms with Gasteiger partial charge in [0.05, 0.1) is 6.04 Å². The van der Waals surface area contributed by atoms with Gasteiger partial charge in [0.25, 0.3) is 0 Å². The highest BCUT2D eigenvalue weighted by molar-refractivity contribution is 5.84. The van der Waals surface area contributed by atoms with Crippen molar-refractivity contribution in [1.29, 1.82) is 0 Å². The van der Waals surface area contributed by atoms with Crippen molar-refractivity contribution >= 4 is 5.91 Å². The van der Waals surface area contributed by atoms with E-state index < -0.39 is 0 Å². The molecule has 1 fully saturated rings. The summed E-state index contributed by atoms with van der Waals surface area (Å²) in [6.07, 6.45) is 2.49. The molecule has 1 aliphatic rings. The fourth-order valence-corrected chi connectivity index (χ4v) is 2.61. The van der Waals surface area contributed by atoms with Crippen molar-refractivity contribution in [3.05, 3.63) is 35.6 Å². The largest absolute Gasteiger partial charge is 0.322 e. The highest BCUT2D eigenvalue weighted by Crippen LogP contribution is 2.27. The first kappa shape index (κ1) is 14.0. The molecule has 19 heavy (non-hydrogen) atoms. The SMILES string of the molecule is CCCC1NC(c2cccc(F)c2)N(CCC)C1=O. The van der Waals surface area contributed by atoms with Gasteiger partial charge in [-0.25, -0.2) is 4.39 Å². The number of hydrogen-bond donors (Lipinski definition) is 1. The van der Waals surface area contributed by atoms with Gasteiger partial charge in [-0.1, -0.05) is 32.4 Å². The molecule has 1 N–H and O–H groups in total. The van der Waals surface area contributed by atoms with Gasteiger partial charge in [-0.2, -0.15) is 0 Å². The van der Waals surface area contributed by atoms with Gasteiger partial charge in [0.1, 0.15) is 12.0 Å². The van der Waals surface area contributed by atoms with Crippen LogP contribution in [0, 0.1) is 5.82 Å². The van der Waals surface area contributed by atoms with E-state index in [4.69, 9.17) is 0 Å². The summed E-state index contributed by atoms with van der Waals surface area (Å²) in [5.41, 5.74) is 0.820. The summed E-state index contributed by atoms with van der Waals surface area (Å²) in [6, 6.07) is 6.35. The molecule has 3 nitrogen and oxygen atoms in total. The van der Waals surface area contributed by atoms with Crippen LogP contribution in [0.1, 0.15) is 44.8 Å². The second kappa shape index (κ2) is 6.15. The number of amides is 1. The molecule has 2 rings (SSSR count). The van der Waals surface area contributed by atoms with Gasteiger partial charge in [-0.15, -0.1) is 0 Å². The van der Waals surface area contributed by atoms with E-state index in [1.807, 2.05) is 17.9 Å². The average molecular weight is 264 g/mol. The molecule has 0 saturated carbocycles. The number of nitrogens with one attached hydrogen (secondary N) is 1. The molecule has 1 heterocycles. The van der Waals surface area contributed by atoms with Crippen molar-refractivity contribution in [2.24, 2.45) is 0 Å². The maximum absolute atomic E-state index is 13.3. The number of carbonyl (C=O) groups excluding carboxylic acids is 1. The van der Waals surface area contributed by atoms with Crippen LogP contribution in [0.3, 0.4) is 0 Å². The van der Waals surface area contributed by atoms with Crippen molar-refractivity contribution in [2.45, 2.75) is 45.3 Å². The lowest BCUT2D eigenvalue weighted by atomic mass is 10.1. The molecule has 1 aliphatic heterocycles. The molecule has 0 aromatic heterocycles. The van der Waals surface area contributed by atoms with E-state index in [1.165, 1.54) is 12.1 Å². The Kier molecular flexibility index (Phi) is 4.53. The first-order valence-electron chi connectivity index (χ1n) is 6.99. The van der Waals surface area contributed by atoms with E-state index in [9.17, 15) is 9.18 Å². The van der Waals surface area contributed by atoms with E-state index in [-0.39, 0.29) is 23.9 Å². The quantitative estimate of drug-likeness (QED) is 0.887. The number of halogens is 1. The van der Waals surface area contributed by atoms with Crippen LogP contribution in [0.25, 0.3) is 0 Å². The summed E-state index contributed by atoms with van der Waals surface area (Å²) in [6.45, 7) is 4.81. The number of benzene rings is 1. The third kappa shape index (κ3) is 2.95. The zero-order valence-electron chi connectivity index (χ0n) is 11.5. The Labute approximate surface area is 113 Å². The van der Waals surface area contributed by atoms with Crippen molar-refractivity contribution in [2.75, 3.05) is 6.54 Å². The van der Waals surface area contributed by atoms with Crippen molar-refractivity contribution in [3.63, 3.8) is 0 Å². The molecule has 0 bridgehead atoms. The van der Waals surface area contributed by atoms with Crippen LogP contribution in [-0.4, -0.2) is 23.4 Å². The smallest absolute Gasteiger partial charge is 0.241 e. The Balaban J connectivity index is 2.24. The molecule has 1 saturated heterocycles. The molecule has 0 radical (unpaired) electrons. The number of nitrogens with zero attached hydrogens (tertiary/aromatic N) is 1. The minimum atomic E-state index is -0.262. The van der Waals surface area contributed by atoms with Gasteiger partial charge in [0.15, 0.2) is 0 Å². The van der Waals surface area contributed by atoms with Crippen LogP contribution in [0.15, 0.2) is 24.3 Å². The first-order chi connectivity index (χ1) is 9.17.